The van der Waals surface area contributed by atoms with Crippen molar-refractivity contribution in [1.29, 1.82) is 0 Å². The lowest BCUT2D eigenvalue weighted by atomic mass is 10.3. The molecule has 0 spiro atoms. The van der Waals surface area contributed by atoms with E-state index in [0.717, 1.165) is 6.08 Å². The summed E-state index contributed by atoms with van der Waals surface area (Å²) in [6.07, 6.45) is 0.919. The maximum atomic E-state index is 12.3. The van der Waals surface area contributed by atoms with Gasteiger partial charge in [-0.05, 0) is 12.5 Å². The Hall–Kier alpha value is -1.05. The minimum absolute atomic E-state index is 0.283. The Morgan fingerprint density at radius 2 is 1.73 bits per heavy atom. The molecule has 0 heterocycles. The van der Waals surface area contributed by atoms with Crippen LogP contribution in [0.4, 0.5) is 4.39 Å². The van der Waals surface area contributed by atoms with Crippen LogP contribution in [-0.2, 0) is 0 Å². The van der Waals surface area contributed by atoms with Crippen molar-refractivity contribution in [2.24, 2.45) is 0 Å². The molecule has 0 aliphatic rings. The third-order valence-corrected chi connectivity index (χ3v) is 0.701. The highest BCUT2D eigenvalue weighted by Crippen LogP contribution is 2.08. The molecule has 64 valence electrons. The quantitative estimate of drug-likeness (QED) is 0.481. The molecule has 1 N–H and O–H groups in total. The van der Waals surface area contributed by atoms with E-state index >= 15 is 0 Å². The molecule has 0 bridgehead atoms. The maximum Gasteiger partial charge on any atom is 0.129 e. The number of aliphatic hydroxyl groups excluding tert-OH is 1. The van der Waals surface area contributed by atoms with Gasteiger partial charge < -0.3 is 5.11 Å². The van der Waals surface area contributed by atoms with E-state index in [4.69, 9.17) is 5.11 Å². The standard InChI is InChI=1S/C7H9FO.C2H6/c1-5(2)7(8)4-6(3)9;1-2/h4,9H,1,3H2,2H3;1-2H3/b7-4+;. The Morgan fingerprint density at radius 3 is 1.82 bits per heavy atom. The fraction of sp³-hybridized carbons (Fsp3) is 0.333. The summed E-state index contributed by atoms with van der Waals surface area (Å²) in [6, 6.07) is 0. The van der Waals surface area contributed by atoms with Crippen molar-refractivity contribution < 1.29 is 9.50 Å². The molecular formula is C9H15FO. The predicted molar refractivity (Wildman–Crippen MR) is 47.1 cm³/mol. The van der Waals surface area contributed by atoms with Crippen LogP contribution in [0.2, 0.25) is 0 Å². The van der Waals surface area contributed by atoms with Gasteiger partial charge in [0.15, 0.2) is 0 Å². The molecule has 2 heteroatoms. The van der Waals surface area contributed by atoms with Crippen LogP contribution in [-0.4, -0.2) is 5.11 Å². The Bertz CT molecular complexity index is 168. The van der Waals surface area contributed by atoms with Crippen LogP contribution in [0.3, 0.4) is 0 Å². The Balaban J connectivity index is 0. The molecule has 1 nitrogen and oxygen atoms in total. The van der Waals surface area contributed by atoms with Crippen molar-refractivity contribution in [1.82, 2.24) is 0 Å². The number of hydrogen-bond acceptors (Lipinski definition) is 1. The van der Waals surface area contributed by atoms with E-state index < -0.39 is 5.83 Å². The summed E-state index contributed by atoms with van der Waals surface area (Å²) < 4.78 is 12.3. The number of rotatable bonds is 2. The predicted octanol–water partition coefficient (Wildman–Crippen LogP) is 3.51. The lowest BCUT2D eigenvalue weighted by Gasteiger charge is -1.91. The maximum absolute atomic E-state index is 12.3. The van der Waals surface area contributed by atoms with Crippen LogP contribution >= 0.6 is 0 Å². The van der Waals surface area contributed by atoms with E-state index in [1.807, 2.05) is 13.8 Å². The molecule has 0 aliphatic carbocycles. The van der Waals surface area contributed by atoms with Gasteiger partial charge in [-0.25, -0.2) is 4.39 Å². The monoisotopic (exact) mass is 158 g/mol. The largest absolute Gasteiger partial charge is 0.508 e. The van der Waals surface area contributed by atoms with E-state index in [2.05, 4.69) is 13.2 Å². The molecule has 0 aromatic heterocycles. The van der Waals surface area contributed by atoms with Crippen LogP contribution in [0, 0.1) is 0 Å². The molecule has 11 heavy (non-hydrogen) atoms. The van der Waals surface area contributed by atoms with Crippen LogP contribution in [0.1, 0.15) is 20.8 Å². The second kappa shape index (κ2) is 7.06. The van der Waals surface area contributed by atoms with Crippen LogP contribution in [0.25, 0.3) is 0 Å². The number of allylic oxidation sites excluding steroid dienone is 3. The average molecular weight is 158 g/mol. The van der Waals surface area contributed by atoms with Gasteiger partial charge in [-0.15, -0.1) is 0 Å². The molecule has 0 aliphatic heterocycles. The van der Waals surface area contributed by atoms with Gasteiger partial charge in [0.25, 0.3) is 0 Å². The van der Waals surface area contributed by atoms with Crippen LogP contribution in [0.5, 0.6) is 0 Å². The number of aliphatic hydroxyl groups is 1. The van der Waals surface area contributed by atoms with E-state index in [1.165, 1.54) is 6.92 Å². The lowest BCUT2D eigenvalue weighted by Crippen LogP contribution is -1.76. The first kappa shape index (κ1) is 12.6. The zero-order valence-corrected chi connectivity index (χ0v) is 7.32. The molecular weight excluding hydrogens is 143 g/mol. The highest BCUT2D eigenvalue weighted by atomic mass is 19.1. The minimum Gasteiger partial charge on any atom is -0.508 e. The normalized spacial score (nSPS) is 9.64. The van der Waals surface area contributed by atoms with Gasteiger partial charge in [-0.2, -0.15) is 0 Å². The molecule has 0 amide bonds. The minimum atomic E-state index is -0.539. The van der Waals surface area contributed by atoms with Gasteiger partial charge in [0.1, 0.15) is 11.6 Å². The summed E-state index contributed by atoms with van der Waals surface area (Å²) in [5.74, 6) is -0.835. The first-order valence-corrected chi connectivity index (χ1v) is 3.45. The third kappa shape index (κ3) is 8.95. The lowest BCUT2D eigenvalue weighted by molar-refractivity contribution is 0.431. The molecule has 0 saturated heterocycles. The average Bonchev–Trinajstić information content (AvgIpc) is 1.90. The van der Waals surface area contributed by atoms with Gasteiger partial charge in [-0.1, -0.05) is 27.0 Å². The second-order valence-corrected chi connectivity index (χ2v) is 1.76. The molecule has 0 atom stereocenters. The summed E-state index contributed by atoms with van der Waals surface area (Å²) >= 11 is 0. The van der Waals surface area contributed by atoms with Crippen molar-refractivity contribution in [2.45, 2.75) is 20.8 Å². The SMILES string of the molecule is C=C(O)/C=C(/F)C(=C)C.CC. The second-order valence-electron chi connectivity index (χ2n) is 1.76. The molecule has 0 saturated carbocycles. The van der Waals surface area contributed by atoms with Gasteiger partial charge in [0, 0.05) is 6.08 Å². The van der Waals surface area contributed by atoms with Crippen molar-refractivity contribution in [3.05, 3.63) is 36.4 Å². The Kier molecular flexibility index (Phi) is 8.10. The van der Waals surface area contributed by atoms with E-state index in [9.17, 15) is 4.39 Å². The van der Waals surface area contributed by atoms with Crippen LogP contribution in [0.15, 0.2) is 36.4 Å². The summed E-state index contributed by atoms with van der Waals surface area (Å²) in [6.45, 7) is 11.9. The van der Waals surface area contributed by atoms with Crippen molar-refractivity contribution in [3.63, 3.8) is 0 Å². The van der Waals surface area contributed by atoms with Gasteiger partial charge in [0.05, 0.1) is 0 Å². The summed E-state index contributed by atoms with van der Waals surface area (Å²) in [4.78, 5) is 0. The highest BCUT2D eigenvalue weighted by Gasteiger charge is 1.93. The van der Waals surface area contributed by atoms with Crippen LogP contribution < -0.4 is 0 Å². The summed E-state index contributed by atoms with van der Waals surface area (Å²) in [5.41, 5.74) is 0.283. The molecule has 0 aromatic rings. The third-order valence-electron chi connectivity index (χ3n) is 0.701. The summed E-state index contributed by atoms with van der Waals surface area (Å²) in [5, 5.41) is 8.42. The van der Waals surface area contributed by atoms with Gasteiger partial charge in [0.2, 0.25) is 0 Å². The first-order valence-electron chi connectivity index (χ1n) is 3.45. The smallest absolute Gasteiger partial charge is 0.129 e. The number of hydrogen-bond donors (Lipinski definition) is 1. The zero-order valence-electron chi connectivity index (χ0n) is 7.32. The molecule has 0 unspecified atom stereocenters. The van der Waals surface area contributed by atoms with Crippen molar-refractivity contribution in [3.8, 4) is 0 Å². The zero-order chi connectivity index (χ0) is 9.44. The molecule has 0 radical (unpaired) electrons. The number of halogens is 1. The van der Waals surface area contributed by atoms with E-state index in [-0.39, 0.29) is 11.3 Å². The Morgan fingerprint density at radius 1 is 1.36 bits per heavy atom. The highest BCUT2D eigenvalue weighted by molar-refractivity contribution is 5.24. The van der Waals surface area contributed by atoms with E-state index in [1.54, 1.807) is 0 Å². The molecule has 0 aromatic carbocycles. The van der Waals surface area contributed by atoms with Crippen molar-refractivity contribution >= 4 is 0 Å². The summed E-state index contributed by atoms with van der Waals surface area (Å²) in [7, 11) is 0. The Labute approximate surface area is 67.6 Å². The molecule has 0 rings (SSSR count). The topological polar surface area (TPSA) is 20.2 Å². The fourth-order valence-corrected chi connectivity index (χ4v) is 0.269. The molecule has 0 fully saturated rings. The van der Waals surface area contributed by atoms with Gasteiger partial charge >= 0.3 is 0 Å². The fourth-order valence-electron chi connectivity index (χ4n) is 0.269. The van der Waals surface area contributed by atoms with Crippen molar-refractivity contribution in [2.75, 3.05) is 0 Å². The van der Waals surface area contributed by atoms with Gasteiger partial charge in [-0.3, -0.25) is 0 Å². The van der Waals surface area contributed by atoms with E-state index in [0.29, 0.717) is 0 Å². The first-order chi connectivity index (χ1) is 5.04.